The number of fused-ring (bicyclic) bond motifs is 2. The van der Waals surface area contributed by atoms with Crippen LogP contribution in [-0.4, -0.2) is 56.7 Å². The molecule has 0 spiro atoms. The fourth-order valence-corrected chi connectivity index (χ4v) is 8.28. The van der Waals surface area contributed by atoms with E-state index < -0.39 is 15.8 Å². The molecule has 1 fully saturated rings. The number of para-hydroxylation sites is 1. The molecule has 5 aromatic rings. The molecule has 1 aromatic heterocycles. The molecule has 46 heavy (non-hydrogen) atoms. The summed E-state index contributed by atoms with van der Waals surface area (Å²) < 4.78 is 27.5. The second-order valence-corrected chi connectivity index (χ2v) is 14.5. The summed E-state index contributed by atoms with van der Waals surface area (Å²) in [6, 6.07) is 30.7. The monoisotopic (exact) mass is 635 g/mol. The molecule has 6 rings (SSSR count). The molecule has 1 saturated carbocycles. The van der Waals surface area contributed by atoms with Gasteiger partial charge < -0.3 is 15.5 Å². The van der Waals surface area contributed by atoms with Crippen LogP contribution >= 0.6 is 0 Å². The van der Waals surface area contributed by atoms with Gasteiger partial charge in [0, 0.05) is 37.5 Å². The summed E-state index contributed by atoms with van der Waals surface area (Å²) in [6.07, 6.45) is 4.13. The Kier molecular flexibility index (Phi) is 9.49. The molecular formula is C37H41N5O3S. The Hall–Kier alpha value is -4.50. The molecule has 1 aliphatic carbocycles. The van der Waals surface area contributed by atoms with Gasteiger partial charge in [0.2, 0.25) is 11.9 Å². The van der Waals surface area contributed by atoms with Crippen LogP contribution in [0.4, 0.5) is 11.8 Å². The zero-order valence-electron chi connectivity index (χ0n) is 26.4. The Morgan fingerprint density at radius 2 is 1.50 bits per heavy atom. The molecule has 9 heteroatoms. The van der Waals surface area contributed by atoms with E-state index in [0.29, 0.717) is 30.2 Å². The minimum absolute atomic E-state index is 0.214. The summed E-state index contributed by atoms with van der Waals surface area (Å²) in [5, 5.41) is 9.25. The number of amides is 1. The average Bonchev–Trinajstić information content (AvgIpc) is 3.07. The number of benzene rings is 4. The van der Waals surface area contributed by atoms with Gasteiger partial charge in [0.25, 0.3) is 0 Å². The van der Waals surface area contributed by atoms with Crippen molar-refractivity contribution in [3.05, 3.63) is 103 Å². The number of carbonyl (C=O) groups excluding carboxylic acids is 1. The second kappa shape index (κ2) is 13.9. The Labute approximate surface area is 271 Å². The highest BCUT2D eigenvalue weighted by Crippen LogP contribution is 2.29. The topological polar surface area (TPSA) is 104 Å². The average molecular weight is 636 g/mol. The molecule has 4 aromatic carbocycles. The number of nitrogens with zero attached hydrogens (tertiary/aromatic N) is 3. The fraction of sp³-hybridized carbons (Fsp3) is 0.324. The molecule has 1 atom stereocenters. The third kappa shape index (κ3) is 7.31. The first kappa shape index (κ1) is 31.5. The van der Waals surface area contributed by atoms with Gasteiger partial charge in [-0.2, -0.15) is 4.98 Å². The highest BCUT2D eigenvalue weighted by Gasteiger charge is 2.29. The number of anilines is 2. The molecule has 1 aliphatic rings. The van der Waals surface area contributed by atoms with Gasteiger partial charge >= 0.3 is 0 Å². The van der Waals surface area contributed by atoms with Crippen LogP contribution in [0.15, 0.2) is 102 Å². The van der Waals surface area contributed by atoms with Crippen molar-refractivity contribution in [3.63, 3.8) is 0 Å². The molecule has 0 saturated heterocycles. The summed E-state index contributed by atoms with van der Waals surface area (Å²) in [7, 11) is 0.237. The maximum absolute atomic E-state index is 13.8. The van der Waals surface area contributed by atoms with Crippen LogP contribution in [0.2, 0.25) is 0 Å². The Morgan fingerprint density at radius 1 is 0.826 bits per heavy atom. The third-order valence-corrected chi connectivity index (χ3v) is 10.8. The second-order valence-electron chi connectivity index (χ2n) is 12.5. The van der Waals surface area contributed by atoms with E-state index in [2.05, 4.69) is 10.6 Å². The largest absolute Gasteiger partial charge is 0.362 e. The van der Waals surface area contributed by atoms with Crippen LogP contribution in [-0.2, 0) is 21.1 Å². The summed E-state index contributed by atoms with van der Waals surface area (Å²) in [6.45, 7) is 0.530. The number of aromatic nitrogens is 2. The van der Waals surface area contributed by atoms with Gasteiger partial charge in [-0.25, -0.2) is 13.4 Å². The summed E-state index contributed by atoms with van der Waals surface area (Å²) >= 11 is 0. The van der Waals surface area contributed by atoms with Gasteiger partial charge in [-0.1, -0.05) is 78.9 Å². The van der Waals surface area contributed by atoms with Crippen molar-refractivity contribution >= 4 is 49.2 Å². The van der Waals surface area contributed by atoms with Gasteiger partial charge in [0.05, 0.1) is 22.1 Å². The smallest absolute Gasteiger partial charge is 0.225 e. The van der Waals surface area contributed by atoms with E-state index in [1.165, 1.54) is 0 Å². The minimum Gasteiger partial charge on any atom is -0.362 e. The highest BCUT2D eigenvalue weighted by molar-refractivity contribution is 7.91. The molecule has 0 radical (unpaired) electrons. The maximum Gasteiger partial charge on any atom is 0.225 e. The highest BCUT2D eigenvalue weighted by atomic mass is 32.2. The molecular weight excluding hydrogens is 595 g/mol. The van der Waals surface area contributed by atoms with Crippen LogP contribution in [0.3, 0.4) is 0 Å². The normalized spacial score (nSPS) is 17.4. The van der Waals surface area contributed by atoms with Gasteiger partial charge in [0.15, 0.2) is 9.84 Å². The molecule has 238 valence electrons. The van der Waals surface area contributed by atoms with Crippen LogP contribution in [0, 0.1) is 11.8 Å². The lowest BCUT2D eigenvalue weighted by molar-refractivity contribution is -0.124. The van der Waals surface area contributed by atoms with Gasteiger partial charge in [-0.15, -0.1) is 0 Å². The van der Waals surface area contributed by atoms with E-state index in [-0.39, 0.29) is 22.6 Å². The van der Waals surface area contributed by atoms with Crippen LogP contribution in [0.1, 0.15) is 31.2 Å². The Bertz CT molecular complexity index is 1920. The quantitative estimate of drug-likeness (QED) is 0.176. The first-order valence-electron chi connectivity index (χ1n) is 16.0. The lowest BCUT2D eigenvalue weighted by Crippen LogP contribution is -2.40. The van der Waals surface area contributed by atoms with Crippen molar-refractivity contribution in [3.8, 4) is 0 Å². The third-order valence-electron chi connectivity index (χ3n) is 8.95. The standard InChI is InChI=1S/C37H41N5O3S/c1-42(2)35-32-16-8-9-17-33(32)40-37(41-35)39-30-21-19-27(20-22-30)24-38-36(43)29(23-26-11-4-3-5-12-26)25-46(44,45)34-18-10-14-28-13-6-7-15-31(28)34/h3-18,27,29-30H,19-25H2,1-2H3,(H,38,43)(H,39,40,41)/t27-,29-,30+/m1/s1. The maximum atomic E-state index is 13.8. The molecule has 0 bridgehead atoms. The van der Waals surface area contributed by atoms with Crippen molar-refractivity contribution in [1.82, 2.24) is 15.3 Å². The van der Waals surface area contributed by atoms with Crippen molar-refractivity contribution in [1.29, 1.82) is 0 Å². The molecule has 1 amide bonds. The Balaban J connectivity index is 1.09. The molecule has 0 aliphatic heterocycles. The van der Waals surface area contributed by atoms with E-state index in [1.54, 1.807) is 12.1 Å². The number of rotatable bonds is 11. The lowest BCUT2D eigenvalue weighted by atomic mass is 9.86. The predicted molar refractivity (Wildman–Crippen MR) is 186 cm³/mol. The SMILES string of the molecule is CN(C)c1nc(N[C@H]2CC[C@@H](CNC(=O)[C@H](Cc3ccccc3)CS(=O)(=O)c3cccc4ccccc34)CC2)nc2ccccc12. The van der Waals surface area contributed by atoms with Gasteiger partial charge in [-0.3, -0.25) is 4.79 Å². The number of nitrogens with one attached hydrogen (secondary N) is 2. The molecule has 2 N–H and O–H groups in total. The predicted octanol–water partition coefficient (Wildman–Crippen LogP) is 6.27. The lowest BCUT2D eigenvalue weighted by Gasteiger charge is -2.30. The molecule has 0 unspecified atom stereocenters. The summed E-state index contributed by atoms with van der Waals surface area (Å²) in [5.74, 6) is 0.671. The van der Waals surface area contributed by atoms with Crippen LogP contribution in [0.5, 0.6) is 0 Å². The van der Waals surface area contributed by atoms with Crippen molar-refractivity contribution in [2.75, 3.05) is 36.6 Å². The van der Waals surface area contributed by atoms with Crippen molar-refractivity contribution < 1.29 is 13.2 Å². The number of carbonyl (C=O) groups is 1. The van der Waals surface area contributed by atoms with Gasteiger partial charge in [-0.05, 0) is 67.2 Å². The van der Waals surface area contributed by atoms with Gasteiger partial charge in [0.1, 0.15) is 5.82 Å². The summed E-state index contributed by atoms with van der Waals surface area (Å²) in [4.78, 5) is 25.5. The Morgan fingerprint density at radius 3 is 2.26 bits per heavy atom. The van der Waals surface area contributed by atoms with E-state index in [4.69, 9.17) is 9.97 Å². The fourth-order valence-electron chi connectivity index (χ4n) is 6.50. The minimum atomic E-state index is -3.74. The molecule has 1 heterocycles. The summed E-state index contributed by atoms with van der Waals surface area (Å²) in [5.41, 5.74) is 1.85. The first-order valence-corrected chi connectivity index (χ1v) is 17.6. The van der Waals surface area contributed by atoms with E-state index in [1.807, 2.05) is 104 Å². The zero-order chi connectivity index (χ0) is 32.1. The van der Waals surface area contributed by atoms with Crippen LogP contribution in [0.25, 0.3) is 21.7 Å². The van der Waals surface area contributed by atoms with E-state index in [9.17, 15) is 13.2 Å². The van der Waals surface area contributed by atoms with Crippen LogP contribution < -0.4 is 15.5 Å². The van der Waals surface area contributed by atoms with Crippen molar-refractivity contribution in [2.45, 2.75) is 43.0 Å². The number of sulfone groups is 1. The zero-order valence-corrected chi connectivity index (χ0v) is 27.2. The number of hydrogen-bond donors (Lipinski definition) is 2. The number of hydrogen-bond acceptors (Lipinski definition) is 7. The first-order chi connectivity index (χ1) is 22.3. The molecule has 8 nitrogen and oxygen atoms in total. The van der Waals surface area contributed by atoms with Crippen molar-refractivity contribution in [2.24, 2.45) is 11.8 Å². The van der Waals surface area contributed by atoms with E-state index >= 15 is 0 Å². The van der Waals surface area contributed by atoms with E-state index in [0.717, 1.165) is 53.4 Å².